The Morgan fingerprint density at radius 2 is 1.29 bits per heavy atom. The second-order valence-electron chi connectivity index (χ2n) is 7.44. The van der Waals surface area contributed by atoms with E-state index in [0.717, 1.165) is 11.1 Å². The molecule has 0 aromatic heterocycles. The lowest BCUT2D eigenvalue weighted by Crippen LogP contribution is -2.50. The Bertz CT molecular complexity index is 1060. The zero-order valence-electron chi connectivity index (χ0n) is 16.6. The van der Waals surface area contributed by atoms with E-state index in [2.05, 4.69) is 4.90 Å². The van der Waals surface area contributed by atoms with Gasteiger partial charge in [-0.05, 0) is 29.3 Å². The number of hydrogen-bond donors (Lipinski definition) is 0. The Labute approximate surface area is 177 Å². The van der Waals surface area contributed by atoms with E-state index in [4.69, 9.17) is 0 Å². The number of carbonyl (C=O) groups excluding carboxylic acids is 1. The highest BCUT2D eigenvalue weighted by Crippen LogP contribution is 2.30. The van der Waals surface area contributed by atoms with E-state index in [-0.39, 0.29) is 11.9 Å². The van der Waals surface area contributed by atoms with E-state index in [1.165, 1.54) is 17.0 Å². The number of hydrogen-bond acceptors (Lipinski definition) is 2. The summed E-state index contributed by atoms with van der Waals surface area (Å²) in [6.45, 7) is 1.55. The molecule has 4 rings (SSSR count). The average molecular weight is 428 g/mol. The molecule has 3 nitrogen and oxygen atoms in total. The Hall–Kier alpha value is -3.19. The summed E-state index contributed by atoms with van der Waals surface area (Å²) in [6.07, 6.45) is 0. The Balaban J connectivity index is 1.53. The van der Waals surface area contributed by atoms with E-state index in [1.54, 1.807) is 12.1 Å². The second kappa shape index (κ2) is 8.89. The molecule has 1 fully saturated rings. The molecule has 0 saturated carbocycles. The Morgan fingerprint density at radius 3 is 1.94 bits per heavy atom. The van der Waals surface area contributed by atoms with Crippen molar-refractivity contribution in [1.82, 2.24) is 9.80 Å². The number of piperazine rings is 1. The molecule has 0 spiro atoms. The first-order valence-corrected chi connectivity index (χ1v) is 9.92. The van der Waals surface area contributed by atoms with Crippen LogP contribution >= 0.6 is 0 Å². The van der Waals surface area contributed by atoms with Crippen LogP contribution in [0.15, 0.2) is 66.7 Å². The molecule has 1 aliphatic heterocycles. The zero-order valence-corrected chi connectivity index (χ0v) is 16.6. The third kappa shape index (κ3) is 4.46. The zero-order chi connectivity index (χ0) is 22.0. The van der Waals surface area contributed by atoms with Crippen LogP contribution in [0.1, 0.15) is 27.5 Å². The first-order valence-electron chi connectivity index (χ1n) is 9.92. The van der Waals surface area contributed by atoms with Gasteiger partial charge in [-0.1, -0.05) is 42.5 Å². The maximum absolute atomic E-state index is 14.0. The van der Waals surface area contributed by atoms with E-state index in [1.807, 2.05) is 30.3 Å². The fraction of sp³-hybridized carbons (Fsp3) is 0.208. The van der Waals surface area contributed by atoms with E-state index in [9.17, 15) is 22.4 Å². The monoisotopic (exact) mass is 428 g/mol. The van der Waals surface area contributed by atoms with Crippen LogP contribution in [0.2, 0.25) is 0 Å². The minimum absolute atomic E-state index is 0.140. The van der Waals surface area contributed by atoms with Gasteiger partial charge in [0.2, 0.25) is 0 Å². The van der Waals surface area contributed by atoms with Crippen LogP contribution in [0, 0.1) is 23.3 Å². The van der Waals surface area contributed by atoms with Crippen molar-refractivity contribution < 1.29 is 22.4 Å². The summed E-state index contributed by atoms with van der Waals surface area (Å²) in [4.78, 5) is 16.3. The van der Waals surface area contributed by atoms with Gasteiger partial charge in [-0.25, -0.2) is 17.6 Å². The molecule has 0 radical (unpaired) electrons. The van der Waals surface area contributed by atoms with Crippen molar-refractivity contribution in [2.75, 3.05) is 26.2 Å². The molecular weight excluding hydrogens is 408 g/mol. The lowest BCUT2D eigenvalue weighted by atomic mass is 9.96. The van der Waals surface area contributed by atoms with Crippen molar-refractivity contribution in [1.29, 1.82) is 0 Å². The van der Waals surface area contributed by atoms with Crippen LogP contribution in [-0.4, -0.2) is 41.9 Å². The summed E-state index contributed by atoms with van der Waals surface area (Å²) < 4.78 is 54.2. The summed E-state index contributed by atoms with van der Waals surface area (Å²) in [5.41, 5.74) is 1.46. The number of nitrogens with zero attached hydrogens (tertiary/aromatic N) is 2. The Morgan fingerprint density at radius 1 is 0.710 bits per heavy atom. The van der Waals surface area contributed by atoms with Crippen LogP contribution in [0.3, 0.4) is 0 Å². The number of rotatable bonds is 4. The molecule has 7 heteroatoms. The van der Waals surface area contributed by atoms with Crippen molar-refractivity contribution in [2.24, 2.45) is 0 Å². The second-order valence-corrected chi connectivity index (χ2v) is 7.44. The van der Waals surface area contributed by atoms with Crippen molar-refractivity contribution >= 4 is 5.91 Å². The molecule has 1 amide bonds. The van der Waals surface area contributed by atoms with Crippen LogP contribution in [0.5, 0.6) is 0 Å². The molecule has 1 unspecified atom stereocenters. The minimum Gasteiger partial charge on any atom is -0.336 e. The van der Waals surface area contributed by atoms with Gasteiger partial charge in [0, 0.05) is 32.2 Å². The third-order valence-corrected chi connectivity index (χ3v) is 5.51. The standard InChI is InChI=1S/C24H20F4N2O/c25-18-8-6-17(7-9-18)23(16-4-2-1-3-5-16)29-10-12-30(13-11-29)24(31)19-14-21(27)22(28)15-20(19)26/h1-9,14-15,23H,10-13H2. The molecule has 1 aliphatic rings. The van der Waals surface area contributed by atoms with Crippen molar-refractivity contribution in [3.8, 4) is 0 Å². The number of halogens is 4. The van der Waals surface area contributed by atoms with E-state index in [0.29, 0.717) is 38.3 Å². The predicted molar refractivity (Wildman–Crippen MR) is 108 cm³/mol. The normalized spacial score (nSPS) is 15.7. The van der Waals surface area contributed by atoms with Gasteiger partial charge in [-0.15, -0.1) is 0 Å². The van der Waals surface area contributed by atoms with Gasteiger partial charge in [-0.3, -0.25) is 9.69 Å². The van der Waals surface area contributed by atoms with Gasteiger partial charge in [-0.2, -0.15) is 0 Å². The number of benzene rings is 3. The summed E-state index contributed by atoms with van der Waals surface area (Å²) in [6, 6.07) is 16.9. The van der Waals surface area contributed by atoms with Gasteiger partial charge >= 0.3 is 0 Å². The van der Waals surface area contributed by atoms with Gasteiger partial charge < -0.3 is 4.90 Å². The molecule has 1 atom stereocenters. The fourth-order valence-electron chi connectivity index (χ4n) is 3.93. The maximum Gasteiger partial charge on any atom is 0.257 e. The third-order valence-electron chi connectivity index (χ3n) is 5.51. The molecule has 1 saturated heterocycles. The summed E-state index contributed by atoms with van der Waals surface area (Å²) in [7, 11) is 0. The Kier molecular flexibility index (Phi) is 6.04. The number of amides is 1. The fourth-order valence-corrected chi connectivity index (χ4v) is 3.93. The van der Waals surface area contributed by atoms with Gasteiger partial charge in [0.15, 0.2) is 11.6 Å². The van der Waals surface area contributed by atoms with Crippen LogP contribution in [0.4, 0.5) is 17.6 Å². The highest BCUT2D eigenvalue weighted by atomic mass is 19.2. The molecule has 0 N–H and O–H groups in total. The van der Waals surface area contributed by atoms with Gasteiger partial charge in [0.1, 0.15) is 11.6 Å². The maximum atomic E-state index is 14.0. The number of carbonyl (C=O) groups is 1. The first-order chi connectivity index (χ1) is 14.9. The topological polar surface area (TPSA) is 23.6 Å². The van der Waals surface area contributed by atoms with Crippen molar-refractivity contribution in [2.45, 2.75) is 6.04 Å². The molecule has 0 aliphatic carbocycles. The van der Waals surface area contributed by atoms with Crippen LogP contribution in [-0.2, 0) is 0 Å². The summed E-state index contributed by atoms with van der Waals surface area (Å²) in [5, 5.41) is 0. The van der Waals surface area contributed by atoms with Crippen molar-refractivity contribution in [3.63, 3.8) is 0 Å². The molecule has 3 aromatic rings. The first kappa shape index (κ1) is 21.1. The SMILES string of the molecule is O=C(c1cc(F)c(F)cc1F)N1CCN(C(c2ccccc2)c2ccc(F)cc2)CC1. The smallest absolute Gasteiger partial charge is 0.257 e. The van der Waals surface area contributed by atoms with Crippen molar-refractivity contribution in [3.05, 3.63) is 107 Å². The average Bonchev–Trinajstić information content (AvgIpc) is 2.78. The molecule has 31 heavy (non-hydrogen) atoms. The van der Waals surface area contributed by atoms with Gasteiger partial charge in [0.05, 0.1) is 11.6 Å². The summed E-state index contributed by atoms with van der Waals surface area (Å²) >= 11 is 0. The molecule has 3 aromatic carbocycles. The quantitative estimate of drug-likeness (QED) is 0.441. The largest absolute Gasteiger partial charge is 0.336 e. The van der Waals surface area contributed by atoms with Crippen LogP contribution in [0.25, 0.3) is 0 Å². The molecule has 160 valence electrons. The highest BCUT2D eigenvalue weighted by Gasteiger charge is 2.30. The van der Waals surface area contributed by atoms with Gasteiger partial charge in [0.25, 0.3) is 5.91 Å². The molecule has 0 bridgehead atoms. The molecular formula is C24H20F4N2O. The van der Waals surface area contributed by atoms with Crippen LogP contribution < -0.4 is 0 Å². The minimum atomic E-state index is -1.33. The predicted octanol–water partition coefficient (Wildman–Crippen LogP) is 4.79. The summed E-state index contributed by atoms with van der Waals surface area (Å²) in [5.74, 6) is -4.67. The van der Waals surface area contributed by atoms with E-state index < -0.39 is 28.9 Å². The molecule has 1 heterocycles. The van der Waals surface area contributed by atoms with E-state index >= 15 is 0 Å². The highest BCUT2D eigenvalue weighted by molar-refractivity contribution is 5.94. The lowest BCUT2D eigenvalue weighted by molar-refractivity contribution is 0.0592. The lowest BCUT2D eigenvalue weighted by Gasteiger charge is -2.39.